The lowest BCUT2D eigenvalue weighted by Gasteiger charge is -2.11. The third kappa shape index (κ3) is 3.52. The first-order chi connectivity index (χ1) is 7.65. The first-order valence-electron chi connectivity index (χ1n) is 5.38. The van der Waals surface area contributed by atoms with Crippen LogP contribution >= 0.6 is 27.7 Å². The molecule has 0 saturated heterocycles. The van der Waals surface area contributed by atoms with E-state index in [9.17, 15) is 4.79 Å². The first-order valence-corrected chi connectivity index (χ1v) is 7.05. The second-order valence-corrected chi connectivity index (χ2v) is 6.33. The Morgan fingerprint density at radius 3 is 2.62 bits per heavy atom. The third-order valence-corrected chi connectivity index (χ3v) is 4.06. The van der Waals surface area contributed by atoms with Crippen LogP contribution in [0.1, 0.15) is 19.8 Å². The van der Waals surface area contributed by atoms with Crippen LogP contribution in [-0.4, -0.2) is 17.2 Å². The van der Waals surface area contributed by atoms with Crippen molar-refractivity contribution in [2.24, 2.45) is 0 Å². The van der Waals surface area contributed by atoms with Crippen molar-refractivity contribution < 1.29 is 4.79 Å². The van der Waals surface area contributed by atoms with Gasteiger partial charge in [0.15, 0.2) is 0 Å². The number of carbonyl (C=O) groups excluding carboxylic acids is 1. The predicted octanol–water partition coefficient (Wildman–Crippen LogP) is 3.21. The van der Waals surface area contributed by atoms with E-state index < -0.39 is 0 Å². The van der Waals surface area contributed by atoms with E-state index in [-0.39, 0.29) is 11.2 Å². The van der Waals surface area contributed by atoms with E-state index >= 15 is 0 Å². The van der Waals surface area contributed by atoms with Crippen LogP contribution in [0.15, 0.2) is 33.6 Å². The summed E-state index contributed by atoms with van der Waals surface area (Å²) in [6.07, 6.45) is 2.28. The second kappa shape index (κ2) is 5.23. The van der Waals surface area contributed by atoms with E-state index in [2.05, 4.69) is 21.2 Å². The van der Waals surface area contributed by atoms with E-state index in [4.69, 9.17) is 0 Å². The zero-order chi connectivity index (χ0) is 11.5. The normalized spacial score (nSPS) is 16.9. The average molecular weight is 300 g/mol. The van der Waals surface area contributed by atoms with Gasteiger partial charge < -0.3 is 5.32 Å². The van der Waals surface area contributed by atoms with Crippen molar-refractivity contribution in [3.63, 3.8) is 0 Å². The van der Waals surface area contributed by atoms with E-state index in [1.54, 1.807) is 11.8 Å². The summed E-state index contributed by atoms with van der Waals surface area (Å²) in [6.45, 7) is 1.95. The highest BCUT2D eigenvalue weighted by molar-refractivity contribution is 9.10. The maximum atomic E-state index is 11.7. The number of halogens is 1. The number of thioether (sulfide) groups is 1. The molecule has 86 valence electrons. The van der Waals surface area contributed by atoms with Gasteiger partial charge in [-0.25, -0.2) is 0 Å². The van der Waals surface area contributed by atoms with Crippen molar-refractivity contribution in [3.05, 3.63) is 28.7 Å². The third-order valence-electron chi connectivity index (χ3n) is 2.42. The molecule has 1 N–H and O–H groups in total. The van der Waals surface area contributed by atoms with Crippen molar-refractivity contribution in [1.82, 2.24) is 5.32 Å². The van der Waals surface area contributed by atoms with Crippen LogP contribution in [0.2, 0.25) is 0 Å². The van der Waals surface area contributed by atoms with Gasteiger partial charge in [0.05, 0.1) is 5.25 Å². The topological polar surface area (TPSA) is 29.1 Å². The summed E-state index contributed by atoms with van der Waals surface area (Å²) in [5.74, 6) is 0.149. The molecule has 2 nitrogen and oxygen atoms in total. The molecule has 1 aliphatic rings. The van der Waals surface area contributed by atoms with Crippen LogP contribution in [0.25, 0.3) is 0 Å². The van der Waals surface area contributed by atoms with Crippen molar-refractivity contribution >= 4 is 33.6 Å². The number of carbonyl (C=O) groups is 1. The Bertz CT molecular complexity index is 375. The van der Waals surface area contributed by atoms with Crippen LogP contribution in [0.3, 0.4) is 0 Å². The maximum Gasteiger partial charge on any atom is 0.233 e. The number of benzene rings is 1. The Hall–Kier alpha value is -0.480. The molecule has 0 heterocycles. The number of hydrogen-bond donors (Lipinski definition) is 1. The van der Waals surface area contributed by atoms with E-state index in [1.807, 2.05) is 31.2 Å². The number of rotatable bonds is 4. The second-order valence-electron chi connectivity index (χ2n) is 4.00. The van der Waals surface area contributed by atoms with Crippen molar-refractivity contribution in [2.45, 2.75) is 36.0 Å². The minimum absolute atomic E-state index is 0.0261. The fraction of sp³-hybridized carbons (Fsp3) is 0.417. The molecule has 0 radical (unpaired) electrons. The highest BCUT2D eigenvalue weighted by Gasteiger charge is 2.25. The molecule has 16 heavy (non-hydrogen) atoms. The molecule has 1 aromatic rings. The SMILES string of the molecule is CC(Sc1ccc(Br)cc1)C(=O)NC1CC1. The molecule has 0 bridgehead atoms. The Morgan fingerprint density at radius 2 is 2.06 bits per heavy atom. The summed E-state index contributed by atoms with van der Waals surface area (Å²) in [6, 6.07) is 8.48. The monoisotopic (exact) mass is 299 g/mol. The van der Waals surface area contributed by atoms with Gasteiger partial charge in [-0.05, 0) is 44.0 Å². The summed E-state index contributed by atoms with van der Waals surface area (Å²) in [5, 5.41) is 2.99. The zero-order valence-electron chi connectivity index (χ0n) is 9.07. The zero-order valence-corrected chi connectivity index (χ0v) is 11.5. The number of nitrogens with one attached hydrogen (secondary N) is 1. The van der Waals surface area contributed by atoms with Gasteiger partial charge in [-0.1, -0.05) is 15.9 Å². The smallest absolute Gasteiger partial charge is 0.233 e. The van der Waals surface area contributed by atoms with Crippen LogP contribution in [0.4, 0.5) is 0 Å². The van der Waals surface area contributed by atoms with Crippen LogP contribution < -0.4 is 5.32 Å². The van der Waals surface area contributed by atoms with Crippen LogP contribution in [-0.2, 0) is 4.79 Å². The molecular formula is C12H14BrNOS. The Labute approximate surface area is 108 Å². The standard InChI is InChI=1S/C12H14BrNOS/c1-8(12(15)14-10-4-5-10)16-11-6-2-9(13)3-7-11/h2-3,6-8,10H,4-5H2,1H3,(H,14,15). The molecule has 1 fully saturated rings. The number of amides is 1. The van der Waals surface area contributed by atoms with Gasteiger partial charge in [0.25, 0.3) is 0 Å². The van der Waals surface area contributed by atoms with Crippen molar-refractivity contribution in [2.75, 3.05) is 0 Å². The maximum absolute atomic E-state index is 11.7. The number of hydrogen-bond acceptors (Lipinski definition) is 2. The molecule has 1 atom stereocenters. The highest BCUT2D eigenvalue weighted by Crippen LogP contribution is 2.26. The summed E-state index contributed by atoms with van der Waals surface area (Å²) in [7, 11) is 0. The van der Waals surface area contributed by atoms with Gasteiger partial charge in [-0.15, -0.1) is 11.8 Å². The predicted molar refractivity (Wildman–Crippen MR) is 70.6 cm³/mol. The van der Waals surface area contributed by atoms with Gasteiger partial charge in [0.1, 0.15) is 0 Å². The first kappa shape index (κ1) is 12.0. The quantitative estimate of drug-likeness (QED) is 0.865. The summed E-state index contributed by atoms with van der Waals surface area (Å²) in [5.41, 5.74) is 0. The van der Waals surface area contributed by atoms with E-state index in [0.717, 1.165) is 22.2 Å². The fourth-order valence-electron chi connectivity index (χ4n) is 1.32. The molecule has 1 aliphatic carbocycles. The molecule has 1 amide bonds. The molecule has 1 aromatic carbocycles. The molecular weight excluding hydrogens is 286 g/mol. The molecule has 4 heteroatoms. The van der Waals surface area contributed by atoms with Gasteiger partial charge in [0.2, 0.25) is 5.91 Å². The summed E-state index contributed by atoms with van der Waals surface area (Å²) >= 11 is 4.99. The van der Waals surface area contributed by atoms with Gasteiger partial charge >= 0.3 is 0 Å². The Balaban J connectivity index is 1.87. The minimum atomic E-state index is -0.0261. The molecule has 1 saturated carbocycles. The molecule has 0 aromatic heterocycles. The molecule has 1 unspecified atom stereocenters. The summed E-state index contributed by atoms with van der Waals surface area (Å²) < 4.78 is 1.06. The largest absolute Gasteiger partial charge is 0.352 e. The lowest BCUT2D eigenvalue weighted by atomic mass is 10.4. The Morgan fingerprint density at radius 1 is 1.44 bits per heavy atom. The fourth-order valence-corrected chi connectivity index (χ4v) is 2.46. The molecule has 2 rings (SSSR count). The van der Waals surface area contributed by atoms with Crippen LogP contribution in [0.5, 0.6) is 0 Å². The van der Waals surface area contributed by atoms with Gasteiger partial charge in [-0.3, -0.25) is 4.79 Å². The lowest BCUT2D eigenvalue weighted by molar-refractivity contribution is -0.120. The molecule has 0 spiro atoms. The Kier molecular flexibility index (Phi) is 3.92. The minimum Gasteiger partial charge on any atom is -0.352 e. The van der Waals surface area contributed by atoms with Gasteiger partial charge in [0, 0.05) is 15.4 Å². The van der Waals surface area contributed by atoms with Crippen molar-refractivity contribution in [3.8, 4) is 0 Å². The van der Waals surface area contributed by atoms with Crippen molar-refractivity contribution in [1.29, 1.82) is 0 Å². The lowest BCUT2D eigenvalue weighted by Crippen LogP contribution is -2.32. The summed E-state index contributed by atoms with van der Waals surface area (Å²) in [4.78, 5) is 12.9. The van der Waals surface area contributed by atoms with E-state index in [0.29, 0.717) is 6.04 Å². The van der Waals surface area contributed by atoms with E-state index in [1.165, 1.54) is 0 Å². The van der Waals surface area contributed by atoms with Gasteiger partial charge in [-0.2, -0.15) is 0 Å². The molecule has 0 aliphatic heterocycles. The average Bonchev–Trinajstić information content (AvgIpc) is 3.05. The van der Waals surface area contributed by atoms with Crippen LogP contribution in [0, 0.1) is 0 Å². The highest BCUT2D eigenvalue weighted by atomic mass is 79.9.